The van der Waals surface area contributed by atoms with E-state index < -0.39 is 0 Å². The lowest BCUT2D eigenvalue weighted by atomic mass is 9.93. The molecule has 0 atom stereocenters. The van der Waals surface area contributed by atoms with Gasteiger partial charge in [0.05, 0.1) is 0 Å². The van der Waals surface area contributed by atoms with Gasteiger partial charge in [0, 0.05) is 11.5 Å². The first-order valence-corrected chi connectivity index (χ1v) is 6.81. The van der Waals surface area contributed by atoms with Crippen LogP contribution in [-0.2, 0) is 10.2 Å². The molecule has 5 heteroatoms. The maximum atomic E-state index is 11.8. The summed E-state index contributed by atoms with van der Waals surface area (Å²) in [5.74, 6) is 1.51. The topological polar surface area (TPSA) is 64.4 Å². The summed E-state index contributed by atoms with van der Waals surface area (Å²) in [6, 6.07) is 9.27. The molecule has 112 valence electrons. The Morgan fingerprint density at radius 2 is 2.10 bits per heavy atom. The zero-order valence-electron chi connectivity index (χ0n) is 12.8. The fraction of sp³-hybridized carbons (Fsp3) is 0.375. The first kappa shape index (κ1) is 15.1. The molecule has 0 fully saturated rings. The summed E-state index contributed by atoms with van der Waals surface area (Å²) in [7, 11) is 0. The van der Waals surface area contributed by atoms with Crippen LogP contribution in [-0.4, -0.2) is 17.7 Å². The van der Waals surface area contributed by atoms with Gasteiger partial charge in [-0.15, -0.1) is 0 Å². The molecule has 0 saturated carbocycles. The first-order valence-electron chi connectivity index (χ1n) is 6.81. The molecule has 2 rings (SSSR count). The Labute approximate surface area is 124 Å². The highest BCUT2D eigenvalue weighted by Gasteiger charge is 2.20. The number of anilines is 1. The van der Waals surface area contributed by atoms with Crippen molar-refractivity contribution in [3.8, 4) is 5.75 Å². The second kappa shape index (κ2) is 5.99. The van der Waals surface area contributed by atoms with Crippen LogP contribution in [0.25, 0.3) is 0 Å². The monoisotopic (exact) mass is 288 g/mol. The zero-order chi connectivity index (χ0) is 15.5. The molecular weight excluding hydrogens is 268 g/mol. The SMILES string of the molecule is Cc1cccc(OCC(=O)Nc2cc(C(C)(C)C)on2)c1. The summed E-state index contributed by atoms with van der Waals surface area (Å²) in [4.78, 5) is 11.8. The van der Waals surface area contributed by atoms with E-state index >= 15 is 0 Å². The molecule has 0 aliphatic heterocycles. The molecular formula is C16H20N2O3. The van der Waals surface area contributed by atoms with Crippen molar-refractivity contribution in [2.24, 2.45) is 0 Å². The van der Waals surface area contributed by atoms with Gasteiger partial charge in [-0.3, -0.25) is 4.79 Å². The number of aromatic nitrogens is 1. The van der Waals surface area contributed by atoms with E-state index in [0.717, 1.165) is 11.3 Å². The van der Waals surface area contributed by atoms with Crippen LogP contribution < -0.4 is 10.1 Å². The van der Waals surface area contributed by atoms with Crippen molar-refractivity contribution in [3.05, 3.63) is 41.7 Å². The highest BCUT2D eigenvalue weighted by molar-refractivity contribution is 5.90. The van der Waals surface area contributed by atoms with E-state index in [1.54, 1.807) is 6.07 Å². The number of carbonyl (C=O) groups excluding carboxylic acids is 1. The number of amides is 1. The van der Waals surface area contributed by atoms with E-state index in [0.29, 0.717) is 11.6 Å². The molecule has 0 aliphatic rings. The summed E-state index contributed by atoms with van der Waals surface area (Å²) in [6.07, 6.45) is 0. The highest BCUT2D eigenvalue weighted by Crippen LogP contribution is 2.24. The van der Waals surface area contributed by atoms with Crippen LogP contribution >= 0.6 is 0 Å². The Bertz CT molecular complexity index is 626. The van der Waals surface area contributed by atoms with Crippen molar-refractivity contribution in [2.75, 3.05) is 11.9 Å². The lowest BCUT2D eigenvalue weighted by Gasteiger charge is -2.12. The summed E-state index contributed by atoms with van der Waals surface area (Å²) < 4.78 is 10.6. The summed E-state index contributed by atoms with van der Waals surface area (Å²) >= 11 is 0. The van der Waals surface area contributed by atoms with E-state index in [4.69, 9.17) is 9.26 Å². The van der Waals surface area contributed by atoms with Crippen LogP contribution in [0, 0.1) is 6.92 Å². The number of ether oxygens (including phenoxy) is 1. The Balaban J connectivity index is 1.89. The lowest BCUT2D eigenvalue weighted by molar-refractivity contribution is -0.118. The molecule has 0 unspecified atom stereocenters. The molecule has 1 aromatic heterocycles. The van der Waals surface area contributed by atoms with Crippen LogP contribution in [0.5, 0.6) is 5.75 Å². The summed E-state index contributed by atoms with van der Waals surface area (Å²) in [5, 5.41) is 6.48. The van der Waals surface area contributed by atoms with Gasteiger partial charge in [0.1, 0.15) is 11.5 Å². The van der Waals surface area contributed by atoms with Crippen LogP contribution in [0.3, 0.4) is 0 Å². The molecule has 1 amide bonds. The largest absolute Gasteiger partial charge is 0.484 e. The predicted octanol–water partition coefficient (Wildman–Crippen LogP) is 3.30. The Morgan fingerprint density at radius 1 is 1.33 bits per heavy atom. The van der Waals surface area contributed by atoms with E-state index in [1.165, 1.54) is 0 Å². The number of nitrogens with one attached hydrogen (secondary N) is 1. The quantitative estimate of drug-likeness (QED) is 0.937. The van der Waals surface area contributed by atoms with Crippen LogP contribution in [0.4, 0.5) is 5.82 Å². The number of nitrogens with zero attached hydrogens (tertiary/aromatic N) is 1. The lowest BCUT2D eigenvalue weighted by Crippen LogP contribution is -2.20. The van der Waals surface area contributed by atoms with Crippen molar-refractivity contribution in [3.63, 3.8) is 0 Å². The molecule has 2 aromatic rings. The van der Waals surface area contributed by atoms with Crippen LogP contribution in [0.1, 0.15) is 32.1 Å². The minimum Gasteiger partial charge on any atom is -0.484 e. The smallest absolute Gasteiger partial charge is 0.263 e. The van der Waals surface area contributed by atoms with Gasteiger partial charge in [-0.05, 0) is 24.6 Å². The Morgan fingerprint density at radius 3 is 2.71 bits per heavy atom. The van der Waals surface area contributed by atoms with Gasteiger partial charge in [-0.1, -0.05) is 38.1 Å². The fourth-order valence-corrected chi connectivity index (χ4v) is 1.72. The summed E-state index contributed by atoms with van der Waals surface area (Å²) in [5.41, 5.74) is 0.938. The van der Waals surface area contributed by atoms with Gasteiger partial charge >= 0.3 is 0 Å². The maximum absolute atomic E-state index is 11.8. The van der Waals surface area contributed by atoms with Gasteiger partial charge in [0.25, 0.3) is 5.91 Å². The third-order valence-corrected chi connectivity index (χ3v) is 2.88. The average molecular weight is 288 g/mol. The van der Waals surface area contributed by atoms with Crippen LogP contribution in [0.15, 0.2) is 34.9 Å². The fourth-order valence-electron chi connectivity index (χ4n) is 1.72. The number of hydrogen-bond donors (Lipinski definition) is 1. The normalized spacial score (nSPS) is 11.2. The minimum atomic E-state index is -0.273. The summed E-state index contributed by atoms with van der Waals surface area (Å²) in [6.45, 7) is 7.94. The molecule has 0 aliphatic carbocycles. The minimum absolute atomic E-state index is 0.0683. The number of benzene rings is 1. The van der Waals surface area contributed by atoms with Gasteiger partial charge in [0.15, 0.2) is 12.4 Å². The molecule has 1 aromatic carbocycles. The molecule has 21 heavy (non-hydrogen) atoms. The molecule has 0 saturated heterocycles. The van der Waals surface area contributed by atoms with Gasteiger partial charge < -0.3 is 14.6 Å². The van der Waals surface area contributed by atoms with Gasteiger partial charge in [0.2, 0.25) is 0 Å². The average Bonchev–Trinajstić information content (AvgIpc) is 2.85. The third-order valence-electron chi connectivity index (χ3n) is 2.88. The number of carbonyl (C=O) groups is 1. The molecule has 0 radical (unpaired) electrons. The molecule has 1 N–H and O–H groups in total. The van der Waals surface area contributed by atoms with E-state index in [-0.39, 0.29) is 17.9 Å². The Kier molecular flexibility index (Phi) is 4.31. The molecule has 0 bridgehead atoms. The highest BCUT2D eigenvalue weighted by atomic mass is 16.5. The number of rotatable bonds is 4. The van der Waals surface area contributed by atoms with E-state index in [9.17, 15) is 4.79 Å². The van der Waals surface area contributed by atoms with Crippen molar-refractivity contribution in [1.82, 2.24) is 5.16 Å². The van der Waals surface area contributed by atoms with Gasteiger partial charge in [-0.25, -0.2) is 0 Å². The van der Waals surface area contributed by atoms with E-state index in [2.05, 4.69) is 10.5 Å². The molecule has 5 nitrogen and oxygen atoms in total. The number of hydrogen-bond acceptors (Lipinski definition) is 4. The third kappa shape index (κ3) is 4.34. The first-order chi connectivity index (χ1) is 9.84. The number of aryl methyl sites for hydroxylation is 1. The second-order valence-corrected chi connectivity index (χ2v) is 5.98. The standard InChI is InChI=1S/C16H20N2O3/c1-11-6-5-7-12(8-11)20-10-15(19)17-14-9-13(21-18-14)16(2,3)4/h5-9H,10H2,1-4H3,(H,17,18,19). The Hall–Kier alpha value is -2.30. The van der Waals surface area contributed by atoms with Gasteiger partial charge in [-0.2, -0.15) is 0 Å². The van der Waals surface area contributed by atoms with Crippen molar-refractivity contribution in [2.45, 2.75) is 33.1 Å². The van der Waals surface area contributed by atoms with Crippen molar-refractivity contribution in [1.29, 1.82) is 0 Å². The second-order valence-electron chi connectivity index (χ2n) is 5.98. The molecule has 1 heterocycles. The van der Waals surface area contributed by atoms with Crippen LogP contribution in [0.2, 0.25) is 0 Å². The predicted molar refractivity (Wildman–Crippen MR) is 80.5 cm³/mol. The van der Waals surface area contributed by atoms with E-state index in [1.807, 2.05) is 52.0 Å². The maximum Gasteiger partial charge on any atom is 0.263 e. The van der Waals surface area contributed by atoms with Crippen molar-refractivity contribution < 1.29 is 14.1 Å². The zero-order valence-corrected chi connectivity index (χ0v) is 12.8. The molecule has 0 spiro atoms. The van der Waals surface area contributed by atoms with Crippen molar-refractivity contribution >= 4 is 11.7 Å².